The number of hydrogen-bond donors (Lipinski definition) is 0. The van der Waals surface area contributed by atoms with Gasteiger partial charge in [-0.25, -0.2) is 14.4 Å². The monoisotopic (exact) mass is 298 g/mol. The van der Waals surface area contributed by atoms with E-state index in [-0.39, 0.29) is 11.9 Å². The van der Waals surface area contributed by atoms with E-state index in [0.29, 0.717) is 28.9 Å². The Bertz CT molecular complexity index is 769. The predicted octanol–water partition coefficient (Wildman–Crippen LogP) is 3.68. The maximum Gasteiger partial charge on any atom is 0.226 e. The van der Waals surface area contributed by atoms with E-state index in [0.717, 1.165) is 24.1 Å². The molecule has 2 atom stereocenters. The van der Waals surface area contributed by atoms with Crippen LogP contribution >= 0.6 is 0 Å². The van der Waals surface area contributed by atoms with Crippen LogP contribution in [0.1, 0.15) is 40.9 Å². The highest BCUT2D eigenvalue weighted by atomic mass is 19.1. The van der Waals surface area contributed by atoms with Crippen LogP contribution in [0, 0.1) is 24.6 Å². The Hall–Kier alpha value is -2.37. The number of nitrogens with zero attached hydrogens (tertiary/aromatic N) is 4. The minimum absolute atomic E-state index is 0.179. The molecule has 1 fully saturated rings. The first-order valence-corrected chi connectivity index (χ1v) is 7.33. The highest BCUT2D eigenvalue weighted by Gasteiger charge is 2.43. The van der Waals surface area contributed by atoms with Crippen LogP contribution in [0.5, 0.6) is 0 Å². The van der Waals surface area contributed by atoms with Gasteiger partial charge in [-0.3, -0.25) is 0 Å². The van der Waals surface area contributed by atoms with E-state index in [2.05, 4.69) is 20.0 Å². The van der Waals surface area contributed by atoms with Crippen LogP contribution in [0.3, 0.4) is 0 Å². The third-order valence-electron chi connectivity index (χ3n) is 4.72. The van der Waals surface area contributed by atoms with Gasteiger partial charge in [-0.2, -0.15) is 0 Å². The van der Waals surface area contributed by atoms with Crippen molar-refractivity contribution in [2.45, 2.75) is 32.2 Å². The molecule has 22 heavy (non-hydrogen) atoms. The van der Waals surface area contributed by atoms with Gasteiger partial charge >= 0.3 is 0 Å². The lowest BCUT2D eigenvalue weighted by Gasteiger charge is -2.29. The standard InChI is InChI=1S/C16H15FN4O/c1-8-15(20-22)9(2)19-16(18-8)21-7-10-5-14(21)12-4-3-11(17)6-13(10)12/h3-4,6,10,14H,5,7H2,1-2H3. The molecular formula is C16H15FN4O. The number of hydrogen-bond acceptors (Lipinski definition) is 5. The molecule has 1 aromatic carbocycles. The lowest BCUT2D eigenvalue weighted by molar-refractivity contribution is 0.620. The third kappa shape index (κ3) is 1.76. The molecule has 2 heterocycles. The van der Waals surface area contributed by atoms with E-state index < -0.39 is 0 Å². The number of nitroso groups, excluding NO2 is 1. The summed E-state index contributed by atoms with van der Waals surface area (Å²) in [5.41, 5.74) is 3.78. The number of anilines is 1. The molecule has 5 nitrogen and oxygen atoms in total. The van der Waals surface area contributed by atoms with Crippen LogP contribution < -0.4 is 4.90 Å². The molecule has 4 rings (SSSR count). The number of rotatable bonds is 2. The normalized spacial score (nSPS) is 22.0. The zero-order chi connectivity index (χ0) is 15.4. The second-order valence-electron chi connectivity index (χ2n) is 6.01. The maximum absolute atomic E-state index is 13.4. The molecule has 0 saturated carbocycles. The lowest BCUT2D eigenvalue weighted by atomic mass is 9.99. The van der Waals surface area contributed by atoms with Crippen molar-refractivity contribution < 1.29 is 4.39 Å². The van der Waals surface area contributed by atoms with Gasteiger partial charge in [0.25, 0.3) is 0 Å². The molecule has 0 N–H and O–H groups in total. The van der Waals surface area contributed by atoms with Crippen LogP contribution in [0.2, 0.25) is 0 Å². The van der Waals surface area contributed by atoms with Crippen molar-refractivity contribution in [3.63, 3.8) is 0 Å². The van der Waals surface area contributed by atoms with Gasteiger partial charge in [-0.15, -0.1) is 4.91 Å². The number of halogens is 1. The molecule has 1 aliphatic carbocycles. The van der Waals surface area contributed by atoms with Crippen molar-refractivity contribution in [2.24, 2.45) is 5.18 Å². The third-order valence-corrected chi connectivity index (χ3v) is 4.72. The highest BCUT2D eigenvalue weighted by Crippen LogP contribution is 2.51. The molecule has 0 radical (unpaired) electrons. The van der Waals surface area contributed by atoms with Gasteiger partial charge in [0.15, 0.2) is 5.69 Å². The average molecular weight is 298 g/mol. The SMILES string of the molecule is Cc1nc(N2CC3CC2c2ccc(F)cc23)nc(C)c1N=O. The fraction of sp³-hybridized carbons (Fsp3) is 0.375. The Balaban J connectivity index is 1.75. The van der Waals surface area contributed by atoms with Crippen molar-refractivity contribution in [1.29, 1.82) is 0 Å². The smallest absolute Gasteiger partial charge is 0.226 e. The maximum atomic E-state index is 13.4. The van der Waals surface area contributed by atoms with E-state index in [4.69, 9.17) is 0 Å². The quantitative estimate of drug-likeness (QED) is 0.794. The van der Waals surface area contributed by atoms with Gasteiger partial charge in [0.1, 0.15) is 5.82 Å². The van der Waals surface area contributed by atoms with Crippen LogP contribution in [0.25, 0.3) is 0 Å². The fourth-order valence-electron chi connectivity index (χ4n) is 3.73. The largest absolute Gasteiger partial charge is 0.333 e. The highest BCUT2D eigenvalue weighted by molar-refractivity contribution is 5.54. The van der Waals surface area contributed by atoms with Gasteiger partial charge in [0.05, 0.1) is 17.4 Å². The fourth-order valence-corrected chi connectivity index (χ4v) is 3.73. The molecule has 2 unspecified atom stereocenters. The van der Waals surface area contributed by atoms with E-state index in [1.165, 1.54) is 6.07 Å². The summed E-state index contributed by atoms with van der Waals surface area (Å²) in [7, 11) is 0. The Morgan fingerprint density at radius 1 is 1.23 bits per heavy atom. The first-order chi connectivity index (χ1) is 10.6. The van der Waals surface area contributed by atoms with Crippen molar-refractivity contribution in [1.82, 2.24) is 9.97 Å². The topological polar surface area (TPSA) is 58.5 Å². The summed E-state index contributed by atoms with van der Waals surface area (Å²) >= 11 is 0. The van der Waals surface area contributed by atoms with E-state index in [1.54, 1.807) is 19.9 Å². The molecular weight excluding hydrogens is 283 g/mol. The van der Waals surface area contributed by atoms with Crippen LogP contribution in [0.15, 0.2) is 23.4 Å². The van der Waals surface area contributed by atoms with Gasteiger partial charge < -0.3 is 4.90 Å². The van der Waals surface area contributed by atoms with E-state index in [9.17, 15) is 9.30 Å². The first kappa shape index (κ1) is 13.3. The lowest BCUT2D eigenvalue weighted by Crippen LogP contribution is -2.29. The summed E-state index contributed by atoms with van der Waals surface area (Å²) in [6, 6.07) is 5.21. The van der Waals surface area contributed by atoms with Crippen LogP contribution in [-0.4, -0.2) is 16.5 Å². The van der Waals surface area contributed by atoms with Gasteiger partial charge in [-0.1, -0.05) is 6.07 Å². The summed E-state index contributed by atoms with van der Waals surface area (Å²) < 4.78 is 13.4. The summed E-state index contributed by atoms with van der Waals surface area (Å²) in [6.45, 7) is 4.33. The Kier molecular flexibility index (Phi) is 2.76. The Morgan fingerprint density at radius 3 is 2.64 bits per heavy atom. The molecule has 2 aromatic rings. The zero-order valence-electron chi connectivity index (χ0n) is 12.4. The van der Waals surface area contributed by atoms with Crippen molar-refractivity contribution in [3.8, 4) is 0 Å². The van der Waals surface area contributed by atoms with Gasteiger partial charge in [0, 0.05) is 12.5 Å². The minimum Gasteiger partial charge on any atom is -0.333 e. The molecule has 1 aromatic heterocycles. The number of fused-ring (bicyclic) bond motifs is 5. The molecule has 0 amide bonds. The molecule has 112 valence electrons. The van der Waals surface area contributed by atoms with Crippen molar-refractivity contribution in [2.75, 3.05) is 11.4 Å². The minimum atomic E-state index is -0.179. The molecule has 1 aliphatic heterocycles. The summed E-state index contributed by atoms with van der Waals surface area (Å²) in [6.07, 6.45) is 0.966. The second kappa shape index (κ2) is 4.56. The van der Waals surface area contributed by atoms with Gasteiger partial charge in [0.2, 0.25) is 5.95 Å². The number of benzene rings is 1. The summed E-state index contributed by atoms with van der Waals surface area (Å²) in [5, 5.41) is 3.00. The van der Waals surface area contributed by atoms with Crippen LogP contribution in [-0.2, 0) is 0 Å². The van der Waals surface area contributed by atoms with Gasteiger partial charge in [-0.05, 0) is 48.7 Å². The summed E-state index contributed by atoms with van der Waals surface area (Å²) in [5.74, 6) is 0.774. The number of aryl methyl sites for hydroxylation is 2. The first-order valence-electron chi connectivity index (χ1n) is 7.33. The molecule has 2 aliphatic rings. The second-order valence-corrected chi connectivity index (χ2v) is 6.01. The Labute approximate surface area is 127 Å². The zero-order valence-corrected chi connectivity index (χ0v) is 12.4. The molecule has 1 saturated heterocycles. The molecule has 6 heteroatoms. The summed E-state index contributed by atoms with van der Waals surface area (Å²) in [4.78, 5) is 21.9. The number of aromatic nitrogens is 2. The molecule has 0 spiro atoms. The van der Waals surface area contributed by atoms with E-state index in [1.807, 2.05) is 6.07 Å². The van der Waals surface area contributed by atoms with Crippen molar-refractivity contribution in [3.05, 3.63) is 51.4 Å². The Morgan fingerprint density at radius 2 is 1.95 bits per heavy atom. The van der Waals surface area contributed by atoms with Crippen molar-refractivity contribution >= 4 is 11.6 Å². The predicted molar refractivity (Wildman–Crippen MR) is 80.8 cm³/mol. The van der Waals surface area contributed by atoms with E-state index >= 15 is 0 Å². The van der Waals surface area contributed by atoms with Crippen LogP contribution in [0.4, 0.5) is 16.0 Å². The molecule has 2 bridgehead atoms. The average Bonchev–Trinajstić information content (AvgIpc) is 3.05.